The molecule has 0 aliphatic heterocycles. The fourth-order valence-corrected chi connectivity index (χ4v) is 3.39. The standard InChI is InChI=1S/C15H16O2.C13H12O2/c1-15(2,11-3-7-13(16)8-4-11)12-5-9-14(17)10-6-12;14-12-5-1-10(2-6-12)9-11-3-7-13(15)8-4-11/h3-10,16-17H,1-2H3;1-8,14-15H,9H2. The highest BCUT2D eigenvalue weighted by Crippen LogP contribution is 2.32. The quantitative estimate of drug-likeness (QED) is 0.316. The SMILES string of the molecule is CC(C)(c1ccc(O)cc1)c1ccc(O)cc1.Oc1ccc(Cc2ccc(O)cc2)cc1. The second kappa shape index (κ2) is 9.92. The summed E-state index contributed by atoms with van der Waals surface area (Å²) in [7, 11) is 0. The van der Waals surface area contributed by atoms with E-state index in [1.807, 2.05) is 48.5 Å². The molecule has 4 N–H and O–H groups in total. The zero-order valence-corrected chi connectivity index (χ0v) is 18.2. The Morgan fingerprint density at radius 2 is 0.688 bits per heavy atom. The molecular weight excluding hydrogens is 400 g/mol. The summed E-state index contributed by atoms with van der Waals surface area (Å²) in [5.74, 6) is 1.11. The summed E-state index contributed by atoms with van der Waals surface area (Å²) in [5.41, 5.74) is 4.38. The first-order chi connectivity index (χ1) is 15.2. The Morgan fingerprint density at radius 1 is 0.438 bits per heavy atom. The van der Waals surface area contributed by atoms with E-state index >= 15 is 0 Å². The first-order valence-electron chi connectivity index (χ1n) is 10.4. The number of benzene rings is 4. The molecule has 0 atom stereocenters. The first kappa shape index (κ1) is 22.8. The Bertz CT molecular complexity index is 1020. The molecule has 0 unspecified atom stereocenters. The van der Waals surface area contributed by atoms with Crippen molar-refractivity contribution in [1.82, 2.24) is 0 Å². The normalized spacial score (nSPS) is 10.8. The molecule has 0 bridgehead atoms. The zero-order valence-electron chi connectivity index (χ0n) is 18.2. The van der Waals surface area contributed by atoms with Gasteiger partial charge in [0, 0.05) is 5.41 Å². The third-order valence-corrected chi connectivity index (χ3v) is 5.46. The Balaban J connectivity index is 0.000000182. The summed E-state index contributed by atoms with van der Waals surface area (Å²) < 4.78 is 0. The molecule has 0 saturated carbocycles. The van der Waals surface area contributed by atoms with Gasteiger partial charge in [-0.25, -0.2) is 0 Å². The summed E-state index contributed by atoms with van der Waals surface area (Å²) in [6.45, 7) is 4.23. The third-order valence-electron chi connectivity index (χ3n) is 5.46. The lowest BCUT2D eigenvalue weighted by Crippen LogP contribution is -2.18. The van der Waals surface area contributed by atoms with E-state index in [4.69, 9.17) is 10.2 Å². The maximum atomic E-state index is 9.30. The van der Waals surface area contributed by atoms with Crippen LogP contribution in [-0.2, 0) is 11.8 Å². The monoisotopic (exact) mass is 428 g/mol. The van der Waals surface area contributed by atoms with E-state index in [2.05, 4.69) is 13.8 Å². The van der Waals surface area contributed by atoms with Gasteiger partial charge in [0.05, 0.1) is 0 Å². The number of aromatic hydroxyl groups is 4. The van der Waals surface area contributed by atoms with E-state index in [-0.39, 0.29) is 28.4 Å². The molecule has 32 heavy (non-hydrogen) atoms. The van der Waals surface area contributed by atoms with Gasteiger partial charge in [0.2, 0.25) is 0 Å². The predicted molar refractivity (Wildman–Crippen MR) is 127 cm³/mol. The van der Waals surface area contributed by atoms with E-state index in [0.29, 0.717) is 0 Å². The number of hydrogen-bond acceptors (Lipinski definition) is 4. The smallest absolute Gasteiger partial charge is 0.115 e. The van der Waals surface area contributed by atoms with Crippen LogP contribution >= 0.6 is 0 Å². The molecule has 0 aliphatic rings. The van der Waals surface area contributed by atoms with Crippen molar-refractivity contribution in [3.63, 3.8) is 0 Å². The molecule has 0 saturated heterocycles. The highest BCUT2D eigenvalue weighted by Gasteiger charge is 2.22. The topological polar surface area (TPSA) is 80.9 Å². The van der Waals surface area contributed by atoms with E-state index < -0.39 is 0 Å². The molecular formula is C28H28O4. The summed E-state index contributed by atoms with van der Waals surface area (Å²) in [5, 5.41) is 36.8. The van der Waals surface area contributed by atoms with E-state index in [1.54, 1.807) is 48.5 Å². The summed E-state index contributed by atoms with van der Waals surface area (Å²) in [6.07, 6.45) is 0.806. The first-order valence-corrected chi connectivity index (χ1v) is 10.4. The third kappa shape index (κ3) is 6.05. The number of phenolic OH excluding ortho intramolecular Hbond substituents is 4. The summed E-state index contributed by atoms with van der Waals surface area (Å²) in [4.78, 5) is 0. The fourth-order valence-electron chi connectivity index (χ4n) is 3.39. The molecule has 4 heteroatoms. The predicted octanol–water partition coefficient (Wildman–Crippen LogP) is 6.11. The Labute approximate surface area is 188 Å². The molecule has 0 amide bonds. The van der Waals surface area contributed by atoms with Crippen LogP contribution in [0.2, 0.25) is 0 Å². The van der Waals surface area contributed by atoms with Crippen molar-refractivity contribution in [1.29, 1.82) is 0 Å². The molecule has 164 valence electrons. The van der Waals surface area contributed by atoms with Gasteiger partial charge in [0.25, 0.3) is 0 Å². The minimum Gasteiger partial charge on any atom is -0.508 e. The second-order valence-electron chi connectivity index (χ2n) is 8.23. The van der Waals surface area contributed by atoms with Gasteiger partial charge in [-0.2, -0.15) is 0 Å². The van der Waals surface area contributed by atoms with Crippen LogP contribution in [0, 0.1) is 0 Å². The molecule has 0 fully saturated rings. The molecule has 4 rings (SSSR count). The van der Waals surface area contributed by atoms with Crippen LogP contribution in [0.15, 0.2) is 97.1 Å². The van der Waals surface area contributed by atoms with Gasteiger partial charge in [-0.15, -0.1) is 0 Å². The largest absolute Gasteiger partial charge is 0.508 e. The molecule has 4 aromatic rings. The average Bonchev–Trinajstić information content (AvgIpc) is 2.78. The van der Waals surface area contributed by atoms with Crippen LogP contribution in [0.1, 0.15) is 36.1 Å². The molecule has 4 aromatic carbocycles. The number of rotatable bonds is 4. The minimum atomic E-state index is -0.151. The van der Waals surface area contributed by atoms with Crippen LogP contribution in [-0.4, -0.2) is 20.4 Å². The van der Waals surface area contributed by atoms with Gasteiger partial charge in [-0.3, -0.25) is 0 Å². The van der Waals surface area contributed by atoms with Gasteiger partial charge in [0.1, 0.15) is 23.0 Å². The maximum absolute atomic E-state index is 9.30. The van der Waals surface area contributed by atoms with E-state index in [9.17, 15) is 10.2 Å². The molecule has 0 heterocycles. The van der Waals surface area contributed by atoms with Crippen LogP contribution in [0.5, 0.6) is 23.0 Å². The van der Waals surface area contributed by atoms with Crippen molar-refractivity contribution in [3.05, 3.63) is 119 Å². The fraction of sp³-hybridized carbons (Fsp3) is 0.143. The number of phenols is 4. The van der Waals surface area contributed by atoms with Crippen molar-refractivity contribution in [3.8, 4) is 23.0 Å². The Kier molecular flexibility index (Phi) is 7.06. The van der Waals surface area contributed by atoms with E-state index in [1.165, 1.54) is 0 Å². The lowest BCUT2D eigenvalue weighted by atomic mass is 9.78. The van der Waals surface area contributed by atoms with Crippen LogP contribution in [0.25, 0.3) is 0 Å². The summed E-state index contributed by atoms with van der Waals surface area (Å²) in [6, 6.07) is 28.7. The Hall–Kier alpha value is -3.92. The summed E-state index contributed by atoms with van der Waals surface area (Å²) >= 11 is 0. The lowest BCUT2D eigenvalue weighted by Gasteiger charge is -2.26. The van der Waals surface area contributed by atoms with Gasteiger partial charge < -0.3 is 20.4 Å². The second-order valence-corrected chi connectivity index (χ2v) is 8.23. The minimum absolute atomic E-state index is 0.151. The molecule has 0 aliphatic carbocycles. The maximum Gasteiger partial charge on any atom is 0.115 e. The van der Waals surface area contributed by atoms with Gasteiger partial charge in [0.15, 0.2) is 0 Å². The number of hydrogen-bond donors (Lipinski definition) is 4. The van der Waals surface area contributed by atoms with Crippen molar-refractivity contribution < 1.29 is 20.4 Å². The van der Waals surface area contributed by atoms with Gasteiger partial charge in [-0.05, 0) is 77.2 Å². The molecule has 0 radical (unpaired) electrons. The van der Waals surface area contributed by atoms with Gasteiger partial charge >= 0.3 is 0 Å². The molecule has 4 nitrogen and oxygen atoms in total. The average molecular weight is 429 g/mol. The van der Waals surface area contributed by atoms with Crippen LogP contribution < -0.4 is 0 Å². The molecule has 0 spiro atoms. The van der Waals surface area contributed by atoms with Gasteiger partial charge in [-0.1, -0.05) is 62.4 Å². The van der Waals surface area contributed by atoms with Crippen molar-refractivity contribution in [2.75, 3.05) is 0 Å². The van der Waals surface area contributed by atoms with Crippen LogP contribution in [0.4, 0.5) is 0 Å². The van der Waals surface area contributed by atoms with E-state index in [0.717, 1.165) is 28.7 Å². The van der Waals surface area contributed by atoms with Crippen molar-refractivity contribution in [2.24, 2.45) is 0 Å². The highest BCUT2D eigenvalue weighted by molar-refractivity contribution is 5.41. The zero-order chi connectivity index (χ0) is 23.1. The molecule has 0 aromatic heterocycles. The Morgan fingerprint density at radius 3 is 0.969 bits per heavy atom. The lowest BCUT2D eigenvalue weighted by molar-refractivity contribution is 0.473. The van der Waals surface area contributed by atoms with Crippen molar-refractivity contribution in [2.45, 2.75) is 25.7 Å². The highest BCUT2D eigenvalue weighted by atomic mass is 16.3. The van der Waals surface area contributed by atoms with Crippen LogP contribution in [0.3, 0.4) is 0 Å². The van der Waals surface area contributed by atoms with Crippen molar-refractivity contribution >= 4 is 0 Å².